The molecule has 0 amide bonds. The van der Waals surface area contributed by atoms with Gasteiger partial charge >= 0.3 is 0 Å². The predicted octanol–water partition coefficient (Wildman–Crippen LogP) is 2.51. The van der Waals surface area contributed by atoms with E-state index < -0.39 is 6.43 Å². The summed E-state index contributed by atoms with van der Waals surface area (Å²) in [6.45, 7) is 1.85. The molecule has 0 bridgehead atoms. The molecule has 0 unspecified atom stereocenters. The average Bonchev–Trinajstić information content (AvgIpc) is 2.65. The molecule has 1 heterocycles. The van der Waals surface area contributed by atoms with Crippen LogP contribution in [0.15, 0.2) is 30.5 Å². The molecular weight excluding hydrogens is 200 g/mol. The highest BCUT2D eigenvalue weighted by Crippen LogP contribution is 2.20. The molecule has 0 saturated heterocycles. The number of rotatable bonds is 2. The summed E-state index contributed by atoms with van der Waals surface area (Å²) in [5.41, 5.74) is 1.60. The van der Waals surface area contributed by atoms with Gasteiger partial charge in [-0.3, -0.25) is 0 Å². The zero-order valence-corrected chi connectivity index (χ0v) is 8.06. The molecule has 1 aromatic carbocycles. The van der Waals surface area contributed by atoms with E-state index in [1.165, 1.54) is 12.1 Å². The fourth-order valence-electron chi connectivity index (χ4n) is 1.30. The van der Waals surface area contributed by atoms with Gasteiger partial charge in [0.2, 0.25) is 0 Å². The van der Waals surface area contributed by atoms with Gasteiger partial charge in [0.25, 0.3) is 6.43 Å². The molecule has 5 heteroatoms. The van der Waals surface area contributed by atoms with Gasteiger partial charge in [-0.05, 0) is 19.1 Å². The highest BCUT2D eigenvalue weighted by atomic mass is 19.3. The van der Waals surface area contributed by atoms with Crippen LogP contribution in [0.5, 0.6) is 0 Å². The monoisotopic (exact) mass is 209 g/mol. The maximum atomic E-state index is 12.3. The van der Waals surface area contributed by atoms with Gasteiger partial charge in [0.15, 0.2) is 0 Å². The van der Waals surface area contributed by atoms with Crippen LogP contribution >= 0.6 is 0 Å². The third kappa shape index (κ3) is 1.86. The van der Waals surface area contributed by atoms with Crippen molar-refractivity contribution in [2.75, 3.05) is 0 Å². The lowest BCUT2D eigenvalue weighted by Crippen LogP contribution is -1.99. The van der Waals surface area contributed by atoms with Gasteiger partial charge in [-0.15, -0.1) is 5.10 Å². The molecule has 78 valence electrons. The first kappa shape index (κ1) is 9.76. The molecule has 0 saturated carbocycles. The van der Waals surface area contributed by atoms with E-state index in [0.717, 1.165) is 11.4 Å². The highest BCUT2D eigenvalue weighted by molar-refractivity contribution is 5.35. The standard InChI is InChI=1S/C10H9F2N3/c1-7-6-13-14-15(7)9-4-2-8(3-5-9)10(11)12/h2-6,10H,1H3. The smallest absolute Gasteiger partial charge is 0.218 e. The Bertz CT molecular complexity index is 448. The Balaban J connectivity index is 2.36. The van der Waals surface area contributed by atoms with Crippen LogP contribution in [0.1, 0.15) is 17.7 Å². The third-order valence-electron chi connectivity index (χ3n) is 2.11. The van der Waals surface area contributed by atoms with Crippen LogP contribution in [0.2, 0.25) is 0 Å². The Morgan fingerprint density at radius 3 is 2.33 bits per heavy atom. The van der Waals surface area contributed by atoms with Crippen LogP contribution in [-0.2, 0) is 0 Å². The highest BCUT2D eigenvalue weighted by Gasteiger charge is 2.07. The van der Waals surface area contributed by atoms with Crippen LogP contribution in [0, 0.1) is 6.92 Å². The van der Waals surface area contributed by atoms with E-state index in [2.05, 4.69) is 10.3 Å². The fraction of sp³-hybridized carbons (Fsp3) is 0.200. The Morgan fingerprint density at radius 2 is 1.87 bits per heavy atom. The molecule has 0 radical (unpaired) electrons. The number of halogens is 2. The van der Waals surface area contributed by atoms with Crippen LogP contribution < -0.4 is 0 Å². The van der Waals surface area contributed by atoms with Gasteiger partial charge in [-0.25, -0.2) is 13.5 Å². The molecule has 0 N–H and O–H groups in total. The third-order valence-corrected chi connectivity index (χ3v) is 2.11. The van der Waals surface area contributed by atoms with Crippen molar-refractivity contribution < 1.29 is 8.78 Å². The maximum absolute atomic E-state index is 12.3. The SMILES string of the molecule is Cc1cnnn1-c1ccc(C(F)F)cc1. The van der Waals surface area contributed by atoms with E-state index in [-0.39, 0.29) is 5.56 Å². The Labute approximate surface area is 85.3 Å². The second kappa shape index (κ2) is 3.76. The number of aryl methyl sites for hydroxylation is 1. The fourth-order valence-corrected chi connectivity index (χ4v) is 1.30. The molecule has 2 aromatic rings. The number of hydrogen-bond donors (Lipinski definition) is 0. The van der Waals surface area contributed by atoms with E-state index in [0.29, 0.717) is 0 Å². The van der Waals surface area contributed by atoms with Crippen LogP contribution in [0.3, 0.4) is 0 Å². The minimum absolute atomic E-state index is 0.0107. The largest absolute Gasteiger partial charge is 0.263 e. The molecular formula is C10H9F2N3. The van der Waals surface area contributed by atoms with E-state index in [4.69, 9.17) is 0 Å². The molecule has 0 atom stereocenters. The molecule has 0 aliphatic carbocycles. The van der Waals surface area contributed by atoms with E-state index in [1.54, 1.807) is 23.0 Å². The lowest BCUT2D eigenvalue weighted by Gasteiger charge is -2.04. The van der Waals surface area contributed by atoms with Gasteiger partial charge in [0.05, 0.1) is 17.6 Å². The van der Waals surface area contributed by atoms with Crippen molar-refractivity contribution in [3.8, 4) is 5.69 Å². The Morgan fingerprint density at radius 1 is 1.20 bits per heavy atom. The number of hydrogen-bond acceptors (Lipinski definition) is 2. The quantitative estimate of drug-likeness (QED) is 0.760. The van der Waals surface area contributed by atoms with E-state index in [1.807, 2.05) is 6.92 Å². The Hall–Kier alpha value is -1.78. The van der Waals surface area contributed by atoms with Crippen LogP contribution in [-0.4, -0.2) is 15.0 Å². The molecule has 3 nitrogen and oxygen atoms in total. The van der Waals surface area contributed by atoms with Crippen molar-refractivity contribution in [2.24, 2.45) is 0 Å². The van der Waals surface area contributed by atoms with Gasteiger partial charge in [-0.2, -0.15) is 0 Å². The van der Waals surface area contributed by atoms with Crippen LogP contribution in [0.4, 0.5) is 8.78 Å². The maximum Gasteiger partial charge on any atom is 0.263 e. The molecule has 0 aliphatic rings. The number of nitrogens with zero attached hydrogens (tertiary/aromatic N) is 3. The first-order chi connectivity index (χ1) is 7.18. The van der Waals surface area contributed by atoms with E-state index >= 15 is 0 Å². The molecule has 15 heavy (non-hydrogen) atoms. The van der Waals surface area contributed by atoms with Crippen molar-refractivity contribution in [3.63, 3.8) is 0 Å². The molecule has 0 aliphatic heterocycles. The molecule has 2 rings (SSSR count). The summed E-state index contributed by atoms with van der Waals surface area (Å²) in [5, 5.41) is 7.56. The first-order valence-electron chi connectivity index (χ1n) is 4.44. The first-order valence-corrected chi connectivity index (χ1v) is 4.44. The minimum atomic E-state index is -2.43. The van der Waals surface area contributed by atoms with Crippen molar-refractivity contribution in [1.29, 1.82) is 0 Å². The molecule has 0 fully saturated rings. The number of benzene rings is 1. The van der Waals surface area contributed by atoms with Gasteiger partial charge < -0.3 is 0 Å². The van der Waals surface area contributed by atoms with Crippen molar-refractivity contribution in [3.05, 3.63) is 41.7 Å². The lowest BCUT2D eigenvalue weighted by atomic mass is 10.2. The summed E-state index contributed by atoms with van der Waals surface area (Å²) in [5.74, 6) is 0. The zero-order valence-electron chi connectivity index (χ0n) is 8.06. The summed E-state index contributed by atoms with van der Waals surface area (Å²) >= 11 is 0. The summed E-state index contributed by atoms with van der Waals surface area (Å²) in [6.07, 6.45) is -0.822. The van der Waals surface area contributed by atoms with Crippen molar-refractivity contribution >= 4 is 0 Å². The van der Waals surface area contributed by atoms with Gasteiger partial charge in [0.1, 0.15) is 0 Å². The minimum Gasteiger partial charge on any atom is -0.218 e. The van der Waals surface area contributed by atoms with Gasteiger partial charge in [-0.1, -0.05) is 17.3 Å². The molecule has 1 aromatic heterocycles. The average molecular weight is 209 g/mol. The summed E-state index contributed by atoms with van der Waals surface area (Å²) in [6, 6.07) is 5.98. The van der Waals surface area contributed by atoms with Crippen molar-refractivity contribution in [1.82, 2.24) is 15.0 Å². The summed E-state index contributed by atoms with van der Waals surface area (Å²) in [7, 11) is 0. The second-order valence-corrected chi connectivity index (χ2v) is 3.18. The number of aromatic nitrogens is 3. The number of alkyl halides is 2. The Kier molecular flexibility index (Phi) is 2.45. The summed E-state index contributed by atoms with van der Waals surface area (Å²) in [4.78, 5) is 0. The molecule has 0 spiro atoms. The van der Waals surface area contributed by atoms with E-state index in [9.17, 15) is 8.78 Å². The summed E-state index contributed by atoms with van der Waals surface area (Å²) < 4.78 is 26.2. The lowest BCUT2D eigenvalue weighted by molar-refractivity contribution is 0.151. The second-order valence-electron chi connectivity index (χ2n) is 3.18. The normalized spacial score (nSPS) is 10.9. The van der Waals surface area contributed by atoms with Gasteiger partial charge in [0, 0.05) is 5.56 Å². The van der Waals surface area contributed by atoms with Crippen LogP contribution in [0.25, 0.3) is 5.69 Å². The zero-order chi connectivity index (χ0) is 10.8. The topological polar surface area (TPSA) is 30.7 Å². The van der Waals surface area contributed by atoms with Crippen molar-refractivity contribution in [2.45, 2.75) is 13.3 Å². The predicted molar refractivity (Wildman–Crippen MR) is 51.1 cm³/mol.